The molecule has 1 rings (SSSR count). The molecule has 0 spiro atoms. The first-order valence-corrected chi connectivity index (χ1v) is 6.60. The van der Waals surface area contributed by atoms with Gasteiger partial charge in [0.2, 0.25) is 5.91 Å². The SMILES string of the molecule is CC(C(=O)O)C(=O)NC(c1ccc(Cl)cc1F)C(C)C. The molecule has 2 unspecified atom stereocenters. The molecular formula is C14H17ClFNO3. The number of carboxylic acids is 1. The molecule has 0 saturated heterocycles. The van der Waals surface area contributed by atoms with Crippen molar-refractivity contribution in [1.29, 1.82) is 0 Å². The summed E-state index contributed by atoms with van der Waals surface area (Å²) in [6.45, 7) is 4.90. The van der Waals surface area contributed by atoms with E-state index in [2.05, 4.69) is 5.32 Å². The Bertz CT molecular complexity index is 519. The van der Waals surface area contributed by atoms with E-state index < -0.39 is 29.7 Å². The normalized spacial score (nSPS) is 13.9. The van der Waals surface area contributed by atoms with Gasteiger partial charge in [-0.25, -0.2) is 4.39 Å². The van der Waals surface area contributed by atoms with Gasteiger partial charge in [-0.15, -0.1) is 0 Å². The van der Waals surface area contributed by atoms with Crippen LogP contribution in [-0.4, -0.2) is 17.0 Å². The predicted molar refractivity (Wildman–Crippen MR) is 73.9 cm³/mol. The Balaban J connectivity index is 3.01. The summed E-state index contributed by atoms with van der Waals surface area (Å²) in [7, 11) is 0. The van der Waals surface area contributed by atoms with Gasteiger partial charge in [-0.05, 0) is 25.0 Å². The third kappa shape index (κ3) is 3.93. The molecule has 0 bridgehead atoms. The number of nitrogens with one attached hydrogen (secondary N) is 1. The highest BCUT2D eigenvalue weighted by Crippen LogP contribution is 2.26. The molecule has 6 heteroatoms. The van der Waals surface area contributed by atoms with Gasteiger partial charge in [-0.2, -0.15) is 0 Å². The maximum atomic E-state index is 13.9. The van der Waals surface area contributed by atoms with E-state index in [0.29, 0.717) is 0 Å². The third-order valence-corrected chi connectivity index (χ3v) is 3.26. The number of aliphatic carboxylic acids is 1. The number of carboxylic acid groups (broad SMARTS) is 1. The summed E-state index contributed by atoms with van der Waals surface area (Å²) < 4.78 is 13.9. The Morgan fingerprint density at radius 3 is 2.35 bits per heavy atom. The van der Waals surface area contributed by atoms with Crippen molar-refractivity contribution in [3.05, 3.63) is 34.6 Å². The number of amides is 1. The lowest BCUT2D eigenvalue weighted by atomic mass is 9.95. The van der Waals surface area contributed by atoms with Crippen molar-refractivity contribution >= 4 is 23.5 Å². The zero-order valence-electron chi connectivity index (χ0n) is 11.5. The highest BCUT2D eigenvalue weighted by Gasteiger charge is 2.27. The largest absolute Gasteiger partial charge is 0.481 e. The van der Waals surface area contributed by atoms with Crippen LogP contribution >= 0.6 is 11.6 Å². The monoisotopic (exact) mass is 301 g/mol. The van der Waals surface area contributed by atoms with Crippen molar-refractivity contribution in [1.82, 2.24) is 5.32 Å². The van der Waals surface area contributed by atoms with Crippen molar-refractivity contribution in [2.24, 2.45) is 11.8 Å². The average molecular weight is 302 g/mol. The third-order valence-electron chi connectivity index (χ3n) is 3.03. The van der Waals surface area contributed by atoms with Crippen LogP contribution in [0.25, 0.3) is 0 Å². The van der Waals surface area contributed by atoms with E-state index in [1.54, 1.807) is 0 Å². The van der Waals surface area contributed by atoms with Crippen LogP contribution in [0.2, 0.25) is 5.02 Å². The van der Waals surface area contributed by atoms with Gasteiger partial charge in [0.25, 0.3) is 0 Å². The Morgan fingerprint density at radius 2 is 1.90 bits per heavy atom. The molecule has 0 fully saturated rings. The number of carbonyl (C=O) groups is 2. The Hall–Kier alpha value is -1.62. The zero-order chi connectivity index (χ0) is 15.4. The first-order valence-electron chi connectivity index (χ1n) is 6.22. The van der Waals surface area contributed by atoms with Crippen LogP contribution < -0.4 is 5.32 Å². The fourth-order valence-electron chi connectivity index (χ4n) is 1.75. The van der Waals surface area contributed by atoms with E-state index in [0.717, 1.165) is 0 Å². The fourth-order valence-corrected chi connectivity index (χ4v) is 1.91. The lowest BCUT2D eigenvalue weighted by molar-refractivity contribution is -0.146. The topological polar surface area (TPSA) is 66.4 Å². The molecule has 20 heavy (non-hydrogen) atoms. The summed E-state index contributed by atoms with van der Waals surface area (Å²) in [6, 6.07) is 3.58. The fraction of sp³-hybridized carbons (Fsp3) is 0.429. The summed E-state index contributed by atoms with van der Waals surface area (Å²) in [5, 5.41) is 11.6. The maximum Gasteiger partial charge on any atom is 0.315 e. The van der Waals surface area contributed by atoms with E-state index in [1.165, 1.54) is 25.1 Å². The number of benzene rings is 1. The number of halogens is 2. The second kappa shape index (κ2) is 6.70. The summed E-state index contributed by atoms with van der Waals surface area (Å²) in [4.78, 5) is 22.6. The zero-order valence-corrected chi connectivity index (χ0v) is 12.2. The Labute approximate surface area is 121 Å². The van der Waals surface area contributed by atoms with Gasteiger partial charge in [0.1, 0.15) is 11.7 Å². The van der Waals surface area contributed by atoms with Crippen molar-refractivity contribution in [2.45, 2.75) is 26.8 Å². The molecule has 0 aliphatic heterocycles. The second-order valence-corrected chi connectivity index (χ2v) is 5.39. The molecule has 1 aromatic rings. The summed E-state index contributed by atoms with van der Waals surface area (Å²) in [5.41, 5.74) is 0.287. The van der Waals surface area contributed by atoms with Crippen LogP contribution in [0.1, 0.15) is 32.4 Å². The molecule has 1 aromatic carbocycles. The highest BCUT2D eigenvalue weighted by atomic mass is 35.5. The predicted octanol–water partition coefficient (Wildman–Crippen LogP) is 3.01. The molecule has 2 atom stereocenters. The number of hydrogen-bond acceptors (Lipinski definition) is 2. The minimum absolute atomic E-state index is 0.101. The Kier molecular flexibility index (Phi) is 5.51. The van der Waals surface area contributed by atoms with Gasteiger partial charge in [-0.3, -0.25) is 9.59 Å². The number of rotatable bonds is 5. The van der Waals surface area contributed by atoms with E-state index in [4.69, 9.17) is 16.7 Å². The molecule has 0 heterocycles. The highest BCUT2D eigenvalue weighted by molar-refractivity contribution is 6.30. The Morgan fingerprint density at radius 1 is 1.30 bits per heavy atom. The van der Waals surface area contributed by atoms with Gasteiger partial charge in [0.15, 0.2) is 0 Å². The number of hydrogen-bond donors (Lipinski definition) is 2. The molecule has 0 aromatic heterocycles. The second-order valence-electron chi connectivity index (χ2n) is 4.96. The summed E-state index contributed by atoms with van der Waals surface area (Å²) in [6.07, 6.45) is 0. The summed E-state index contributed by atoms with van der Waals surface area (Å²) >= 11 is 5.69. The smallest absolute Gasteiger partial charge is 0.315 e. The van der Waals surface area contributed by atoms with Gasteiger partial charge < -0.3 is 10.4 Å². The molecule has 2 N–H and O–H groups in total. The van der Waals surface area contributed by atoms with E-state index in [9.17, 15) is 14.0 Å². The van der Waals surface area contributed by atoms with Crippen molar-refractivity contribution in [3.63, 3.8) is 0 Å². The van der Waals surface area contributed by atoms with Crippen molar-refractivity contribution in [2.75, 3.05) is 0 Å². The van der Waals surface area contributed by atoms with E-state index >= 15 is 0 Å². The van der Waals surface area contributed by atoms with Crippen LogP contribution in [0.15, 0.2) is 18.2 Å². The molecule has 0 radical (unpaired) electrons. The standard InChI is InChI=1S/C14H17ClFNO3/c1-7(2)12(17-13(18)8(3)14(19)20)10-5-4-9(15)6-11(10)16/h4-8,12H,1-3H3,(H,17,18)(H,19,20). The van der Waals surface area contributed by atoms with Crippen molar-refractivity contribution < 1.29 is 19.1 Å². The van der Waals surface area contributed by atoms with E-state index in [-0.39, 0.29) is 16.5 Å². The van der Waals surface area contributed by atoms with Crippen LogP contribution in [0, 0.1) is 17.7 Å². The molecule has 4 nitrogen and oxygen atoms in total. The lowest BCUT2D eigenvalue weighted by Crippen LogP contribution is -2.38. The molecule has 0 aliphatic rings. The quantitative estimate of drug-likeness (QED) is 0.822. The maximum absolute atomic E-state index is 13.9. The van der Waals surface area contributed by atoms with Crippen LogP contribution in [0.5, 0.6) is 0 Å². The first-order chi connectivity index (χ1) is 9.23. The lowest BCUT2D eigenvalue weighted by Gasteiger charge is -2.24. The van der Waals surface area contributed by atoms with Crippen LogP contribution in [-0.2, 0) is 9.59 Å². The van der Waals surface area contributed by atoms with Crippen LogP contribution in [0.4, 0.5) is 4.39 Å². The van der Waals surface area contributed by atoms with Gasteiger partial charge in [0, 0.05) is 10.6 Å². The number of carbonyl (C=O) groups excluding carboxylic acids is 1. The summed E-state index contributed by atoms with van der Waals surface area (Å²) in [5.74, 6) is -3.69. The molecular weight excluding hydrogens is 285 g/mol. The minimum Gasteiger partial charge on any atom is -0.481 e. The van der Waals surface area contributed by atoms with Gasteiger partial charge in [0.05, 0.1) is 6.04 Å². The average Bonchev–Trinajstić information content (AvgIpc) is 2.35. The van der Waals surface area contributed by atoms with Crippen molar-refractivity contribution in [3.8, 4) is 0 Å². The molecule has 0 saturated carbocycles. The van der Waals surface area contributed by atoms with Gasteiger partial charge >= 0.3 is 5.97 Å². The van der Waals surface area contributed by atoms with Crippen LogP contribution in [0.3, 0.4) is 0 Å². The van der Waals surface area contributed by atoms with E-state index in [1.807, 2.05) is 13.8 Å². The van der Waals surface area contributed by atoms with Gasteiger partial charge in [-0.1, -0.05) is 31.5 Å². The molecule has 110 valence electrons. The molecule has 0 aliphatic carbocycles. The first kappa shape index (κ1) is 16.4. The molecule has 1 amide bonds. The minimum atomic E-state index is -1.22.